The van der Waals surface area contributed by atoms with Crippen LogP contribution in [0.5, 0.6) is 5.75 Å². The summed E-state index contributed by atoms with van der Waals surface area (Å²) in [7, 11) is 0. The van der Waals surface area contributed by atoms with E-state index in [-0.39, 0.29) is 18.2 Å². The van der Waals surface area contributed by atoms with Crippen LogP contribution in [0.15, 0.2) is 79.4 Å². The second-order valence-electron chi connectivity index (χ2n) is 11.2. The second kappa shape index (κ2) is 13.2. The second-order valence-corrected chi connectivity index (χ2v) is 11.2. The maximum atomic E-state index is 14.1. The van der Waals surface area contributed by atoms with Crippen molar-refractivity contribution in [3.05, 3.63) is 84.9 Å². The number of hydrogen-bond acceptors (Lipinski definition) is 5. The fourth-order valence-corrected chi connectivity index (χ4v) is 4.45. The summed E-state index contributed by atoms with van der Waals surface area (Å²) in [5.74, 6) is -0.934. The molecule has 2 unspecified atom stereocenters. The molecule has 0 aliphatic carbocycles. The van der Waals surface area contributed by atoms with Crippen molar-refractivity contribution in [2.75, 3.05) is 11.9 Å². The number of ether oxygens (including phenoxy) is 1. The summed E-state index contributed by atoms with van der Waals surface area (Å²) in [4.78, 5) is 42.0. The highest BCUT2D eigenvalue weighted by atomic mass is 16.6. The molecule has 8 nitrogen and oxygen atoms in total. The van der Waals surface area contributed by atoms with Crippen molar-refractivity contribution in [3.63, 3.8) is 0 Å². The fourth-order valence-electron chi connectivity index (χ4n) is 4.45. The van der Waals surface area contributed by atoms with E-state index in [0.29, 0.717) is 17.7 Å². The van der Waals surface area contributed by atoms with Gasteiger partial charge in [-0.1, -0.05) is 62.4 Å². The number of phenols is 1. The van der Waals surface area contributed by atoms with Crippen LogP contribution in [0.25, 0.3) is 10.8 Å². The number of amides is 3. The molecule has 40 heavy (non-hydrogen) atoms. The summed E-state index contributed by atoms with van der Waals surface area (Å²) in [5.41, 5.74) is 0.222. The third-order valence-corrected chi connectivity index (χ3v) is 6.07. The van der Waals surface area contributed by atoms with Crippen molar-refractivity contribution in [2.45, 2.75) is 58.7 Å². The van der Waals surface area contributed by atoms with Crippen molar-refractivity contribution < 1.29 is 24.2 Å². The number of rotatable bonds is 10. The number of aromatic hydroxyl groups is 1. The highest BCUT2D eigenvalue weighted by molar-refractivity contribution is 6.00. The Morgan fingerprint density at radius 2 is 1.70 bits per heavy atom. The number of anilines is 1. The lowest BCUT2D eigenvalue weighted by Crippen LogP contribution is -2.52. The summed E-state index contributed by atoms with van der Waals surface area (Å²) in [6.45, 7) is 12.9. The summed E-state index contributed by atoms with van der Waals surface area (Å²) in [6, 6.07) is 17.5. The zero-order valence-electron chi connectivity index (χ0n) is 23.8. The molecule has 3 aromatic carbocycles. The van der Waals surface area contributed by atoms with Crippen molar-refractivity contribution in [1.29, 1.82) is 0 Å². The molecule has 0 aliphatic rings. The van der Waals surface area contributed by atoms with E-state index in [0.717, 1.165) is 10.8 Å². The Morgan fingerprint density at radius 3 is 2.33 bits per heavy atom. The number of fused-ring (bicyclic) bond motifs is 1. The molecule has 3 aromatic rings. The van der Waals surface area contributed by atoms with Gasteiger partial charge in [-0.3, -0.25) is 9.59 Å². The van der Waals surface area contributed by atoms with Crippen LogP contribution in [-0.4, -0.2) is 46.1 Å². The number of nitrogens with zero attached hydrogens (tertiary/aromatic N) is 1. The van der Waals surface area contributed by atoms with Crippen LogP contribution in [0.2, 0.25) is 0 Å². The van der Waals surface area contributed by atoms with E-state index >= 15 is 0 Å². The molecule has 0 saturated carbocycles. The van der Waals surface area contributed by atoms with Gasteiger partial charge in [0, 0.05) is 12.2 Å². The molecule has 3 rings (SSSR count). The van der Waals surface area contributed by atoms with E-state index in [9.17, 15) is 19.5 Å². The number of alkyl carbamates (subject to hydrolysis) is 1. The molecule has 0 aliphatic heterocycles. The van der Waals surface area contributed by atoms with Crippen LogP contribution >= 0.6 is 0 Å². The molecule has 0 heterocycles. The molecule has 0 saturated heterocycles. The Kier molecular flexibility index (Phi) is 9.93. The Bertz CT molecular complexity index is 1360. The van der Waals surface area contributed by atoms with Crippen LogP contribution in [0, 0.1) is 5.92 Å². The molecular formula is C32H39N3O5. The molecule has 0 spiro atoms. The minimum atomic E-state index is -1.13. The number of phenolic OH excluding ortho intramolecular Hbond substituents is 1. The number of benzene rings is 3. The van der Waals surface area contributed by atoms with E-state index in [4.69, 9.17) is 4.74 Å². The van der Waals surface area contributed by atoms with Gasteiger partial charge in [0.15, 0.2) is 0 Å². The van der Waals surface area contributed by atoms with Gasteiger partial charge in [0.25, 0.3) is 5.91 Å². The zero-order valence-corrected chi connectivity index (χ0v) is 23.8. The summed E-state index contributed by atoms with van der Waals surface area (Å²) < 4.78 is 5.41. The minimum Gasteiger partial charge on any atom is -0.508 e. The monoisotopic (exact) mass is 545 g/mol. The first-order valence-corrected chi connectivity index (χ1v) is 13.4. The number of carbonyl (C=O) groups is 3. The molecule has 212 valence electrons. The average molecular weight is 546 g/mol. The Labute approximate surface area is 236 Å². The van der Waals surface area contributed by atoms with Crippen molar-refractivity contribution in [3.8, 4) is 5.75 Å². The van der Waals surface area contributed by atoms with Gasteiger partial charge in [0.2, 0.25) is 5.91 Å². The summed E-state index contributed by atoms with van der Waals surface area (Å²) >= 11 is 0. The molecule has 0 aromatic heterocycles. The molecule has 0 fully saturated rings. The average Bonchev–Trinajstić information content (AvgIpc) is 2.86. The number of carbonyl (C=O) groups excluding carboxylic acids is 3. The molecule has 0 radical (unpaired) electrons. The lowest BCUT2D eigenvalue weighted by molar-refractivity contribution is -0.140. The zero-order chi connectivity index (χ0) is 29.4. The van der Waals surface area contributed by atoms with E-state index in [2.05, 4.69) is 17.2 Å². The van der Waals surface area contributed by atoms with E-state index in [1.54, 1.807) is 39.0 Å². The molecule has 8 heteroatoms. The third kappa shape index (κ3) is 8.33. The smallest absolute Gasteiger partial charge is 0.408 e. The Hall–Kier alpha value is -4.33. The van der Waals surface area contributed by atoms with E-state index < -0.39 is 35.6 Å². The maximum absolute atomic E-state index is 14.1. The van der Waals surface area contributed by atoms with Gasteiger partial charge >= 0.3 is 6.09 Å². The van der Waals surface area contributed by atoms with Gasteiger partial charge in [-0.15, -0.1) is 6.58 Å². The fraction of sp³-hybridized carbons (Fsp3) is 0.344. The van der Waals surface area contributed by atoms with Gasteiger partial charge in [-0.2, -0.15) is 0 Å². The standard InChI is InChI=1S/C32H39N3O5/c1-7-17-35(30(38)27(18-21(2)3)34-31(39)40-32(4,5)6)28(24-13-10-14-26(36)20-24)29(37)33-25-16-15-22-11-8-9-12-23(22)19-25/h7-16,19-21,27-28,36H,1,17-18H2,2-6H3,(H,33,37)(H,34,39). The number of nitrogens with one attached hydrogen (secondary N) is 2. The Morgan fingerprint density at radius 1 is 1.00 bits per heavy atom. The van der Waals surface area contributed by atoms with Crippen LogP contribution in [0.4, 0.5) is 10.5 Å². The molecular weight excluding hydrogens is 506 g/mol. The first-order valence-electron chi connectivity index (χ1n) is 13.4. The first kappa shape index (κ1) is 30.2. The Balaban J connectivity index is 2.00. The van der Waals surface area contributed by atoms with Gasteiger partial charge in [-0.25, -0.2) is 4.79 Å². The van der Waals surface area contributed by atoms with Crippen LogP contribution < -0.4 is 10.6 Å². The van der Waals surface area contributed by atoms with Gasteiger partial charge in [0.05, 0.1) is 0 Å². The van der Waals surface area contributed by atoms with Gasteiger partial charge < -0.3 is 25.4 Å². The van der Waals surface area contributed by atoms with Crippen molar-refractivity contribution in [2.24, 2.45) is 5.92 Å². The van der Waals surface area contributed by atoms with Crippen LogP contribution in [0.3, 0.4) is 0 Å². The molecule has 3 N–H and O–H groups in total. The van der Waals surface area contributed by atoms with Crippen LogP contribution in [-0.2, 0) is 14.3 Å². The predicted octanol–water partition coefficient (Wildman–Crippen LogP) is 6.18. The van der Waals surface area contributed by atoms with Gasteiger partial charge in [0.1, 0.15) is 23.4 Å². The SMILES string of the molecule is C=CCN(C(=O)C(CC(C)C)NC(=O)OC(C)(C)C)C(C(=O)Nc1ccc2ccccc2c1)c1cccc(O)c1. The lowest BCUT2D eigenvalue weighted by Gasteiger charge is -2.34. The third-order valence-electron chi connectivity index (χ3n) is 6.07. The normalized spacial score (nSPS) is 12.8. The molecule has 3 amide bonds. The van der Waals surface area contributed by atoms with Gasteiger partial charge in [-0.05, 0) is 73.7 Å². The molecule has 2 atom stereocenters. The van der Waals surface area contributed by atoms with E-state index in [1.807, 2.05) is 50.2 Å². The summed E-state index contributed by atoms with van der Waals surface area (Å²) in [6.07, 6.45) is 1.13. The topological polar surface area (TPSA) is 108 Å². The maximum Gasteiger partial charge on any atom is 0.408 e. The van der Waals surface area contributed by atoms with Crippen molar-refractivity contribution in [1.82, 2.24) is 10.2 Å². The lowest BCUT2D eigenvalue weighted by atomic mass is 9.99. The van der Waals surface area contributed by atoms with E-state index in [1.165, 1.54) is 23.1 Å². The highest BCUT2D eigenvalue weighted by Gasteiger charge is 2.36. The minimum absolute atomic E-state index is 0.0227. The quantitative estimate of drug-likeness (QED) is 0.264. The summed E-state index contributed by atoms with van der Waals surface area (Å²) in [5, 5.41) is 17.8. The highest BCUT2D eigenvalue weighted by Crippen LogP contribution is 2.28. The first-order chi connectivity index (χ1) is 18.9. The van der Waals surface area contributed by atoms with Crippen LogP contribution in [0.1, 0.15) is 52.6 Å². The molecule has 0 bridgehead atoms. The van der Waals surface area contributed by atoms with Crippen molar-refractivity contribution >= 4 is 34.4 Å². The number of hydrogen-bond donors (Lipinski definition) is 3. The predicted molar refractivity (Wildman–Crippen MR) is 158 cm³/mol. The largest absolute Gasteiger partial charge is 0.508 e.